The number of aliphatic hydroxyl groups is 1. The van der Waals surface area contributed by atoms with Crippen LogP contribution in [0.4, 0.5) is 0 Å². The van der Waals surface area contributed by atoms with E-state index in [-0.39, 0.29) is 6.61 Å². The van der Waals surface area contributed by atoms with Crippen LogP contribution in [0.1, 0.15) is 0 Å². The van der Waals surface area contributed by atoms with Gasteiger partial charge in [-0.25, -0.2) is 11.5 Å². The van der Waals surface area contributed by atoms with E-state index in [9.17, 15) is 0 Å². The van der Waals surface area contributed by atoms with E-state index in [1.807, 2.05) is 0 Å². The molecule has 1 N–H and O–H groups in total. The zero-order chi connectivity index (χ0) is 6.41. The van der Waals surface area contributed by atoms with Gasteiger partial charge >= 0.3 is 0 Å². The summed E-state index contributed by atoms with van der Waals surface area (Å²) in [6.45, 7) is 7.51. The first-order valence-electron chi connectivity index (χ1n) is 2.44. The van der Waals surface area contributed by atoms with Gasteiger partial charge in [0.05, 0.1) is 6.61 Å². The van der Waals surface area contributed by atoms with Crippen LogP contribution in [0.15, 0.2) is 0 Å². The van der Waals surface area contributed by atoms with Crippen molar-refractivity contribution in [2.45, 2.75) is 0 Å². The molecule has 0 saturated carbocycles. The quantitative estimate of drug-likeness (QED) is 0.514. The van der Waals surface area contributed by atoms with Gasteiger partial charge in [0, 0.05) is 6.54 Å². The van der Waals surface area contributed by atoms with E-state index in [0.29, 0.717) is 13.2 Å². The monoisotopic (exact) mass is 114 g/mol. The van der Waals surface area contributed by atoms with Crippen LogP contribution in [0.5, 0.6) is 0 Å². The Kier molecular flexibility index (Phi) is 4.23. The maximum Gasteiger partial charge on any atom is 0.270 e. The summed E-state index contributed by atoms with van der Waals surface area (Å²) in [6, 6.07) is 0. The highest BCUT2D eigenvalue weighted by atomic mass is 16.3. The number of hydrogen-bond donors (Lipinski definition) is 1. The van der Waals surface area contributed by atoms with Crippen LogP contribution in [0, 0.1) is 6.57 Å². The maximum atomic E-state index is 8.32. The molecular formula is C5H10N2O. The Morgan fingerprint density at radius 3 is 2.75 bits per heavy atom. The van der Waals surface area contributed by atoms with Crippen LogP contribution in [0.25, 0.3) is 4.85 Å². The van der Waals surface area contributed by atoms with Crippen molar-refractivity contribution in [3.8, 4) is 0 Å². The molecule has 0 aromatic rings. The van der Waals surface area contributed by atoms with Crippen LogP contribution >= 0.6 is 0 Å². The van der Waals surface area contributed by atoms with Gasteiger partial charge in [-0.2, -0.15) is 0 Å². The first-order valence-corrected chi connectivity index (χ1v) is 2.44. The van der Waals surface area contributed by atoms with E-state index in [0.717, 1.165) is 0 Å². The van der Waals surface area contributed by atoms with Gasteiger partial charge in [-0.3, -0.25) is 4.85 Å². The fourth-order valence-electron chi connectivity index (χ4n) is 0.362. The van der Waals surface area contributed by atoms with Gasteiger partial charge in [0.15, 0.2) is 0 Å². The summed E-state index contributed by atoms with van der Waals surface area (Å²) in [5.41, 5.74) is 0. The van der Waals surface area contributed by atoms with Crippen LogP contribution in [-0.2, 0) is 0 Å². The van der Waals surface area contributed by atoms with Gasteiger partial charge in [-0.15, -0.1) is 0 Å². The Labute approximate surface area is 49.4 Å². The fraction of sp³-hybridized carbons (Fsp3) is 0.800. The number of likely N-dealkylation sites (N-methyl/N-ethyl adjacent to an activating group) is 1. The zero-order valence-corrected chi connectivity index (χ0v) is 4.96. The fourth-order valence-corrected chi connectivity index (χ4v) is 0.362. The highest BCUT2D eigenvalue weighted by molar-refractivity contribution is 4.57. The first kappa shape index (κ1) is 7.41. The molecule has 0 amide bonds. The molecule has 0 aromatic carbocycles. The van der Waals surface area contributed by atoms with Crippen molar-refractivity contribution in [1.82, 2.24) is 4.90 Å². The second-order valence-corrected chi connectivity index (χ2v) is 1.60. The lowest BCUT2D eigenvalue weighted by molar-refractivity contribution is 0.232. The molecule has 0 spiro atoms. The standard InChI is InChI=1S/C5H10N2O/c1-6-5-7(2)3-4-8/h8H,3-5H2,2H3. The Bertz CT molecular complexity index is 86.9. The first-order chi connectivity index (χ1) is 3.81. The van der Waals surface area contributed by atoms with E-state index in [1.165, 1.54) is 0 Å². The number of hydrogen-bond acceptors (Lipinski definition) is 2. The third-order valence-electron chi connectivity index (χ3n) is 0.794. The van der Waals surface area contributed by atoms with Gasteiger partial charge in [-0.1, -0.05) is 0 Å². The lowest BCUT2D eigenvalue weighted by Crippen LogP contribution is -2.20. The van der Waals surface area contributed by atoms with Crippen molar-refractivity contribution in [3.05, 3.63) is 11.4 Å². The molecule has 0 aromatic heterocycles. The summed E-state index contributed by atoms with van der Waals surface area (Å²) in [5.74, 6) is 0. The van der Waals surface area contributed by atoms with Crippen molar-refractivity contribution in [2.75, 3.05) is 26.9 Å². The van der Waals surface area contributed by atoms with Crippen LogP contribution in [0.2, 0.25) is 0 Å². The number of nitrogens with zero attached hydrogens (tertiary/aromatic N) is 2. The molecule has 0 radical (unpaired) electrons. The van der Waals surface area contributed by atoms with Crippen LogP contribution in [0.3, 0.4) is 0 Å². The predicted molar refractivity (Wildman–Crippen MR) is 31.2 cm³/mol. The average Bonchev–Trinajstić information content (AvgIpc) is 1.68. The molecule has 0 saturated heterocycles. The highest BCUT2D eigenvalue weighted by Crippen LogP contribution is 1.78. The largest absolute Gasteiger partial charge is 0.395 e. The molecule has 0 rings (SSSR count). The SMILES string of the molecule is [C-]#[N+]CN(C)CCO. The van der Waals surface area contributed by atoms with Crippen molar-refractivity contribution in [3.63, 3.8) is 0 Å². The molecule has 0 aliphatic heterocycles. The van der Waals surface area contributed by atoms with Gasteiger partial charge in [-0.05, 0) is 7.05 Å². The summed E-state index contributed by atoms with van der Waals surface area (Å²) >= 11 is 0. The van der Waals surface area contributed by atoms with Crippen molar-refractivity contribution in [1.29, 1.82) is 0 Å². The lowest BCUT2D eigenvalue weighted by Gasteiger charge is -2.04. The smallest absolute Gasteiger partial charge is 0.270 e. The summed E-state index contributed by atoms with van der Waals surface area (Å²) < 4.78 is 0. The van der Waals surface area contributed by atoms with E-state index in [1.54, 1.807) is 11.9 Å². The molecule has 0 heterocycles. The molecule has 3 heteroatoms. The Balaban J connectivity index is 3.08. The van der Waals surface area contributed by atoms with Crippen molar-refractivity contribution < 1.29 is 5.11 Å². The minimum Gasteiger partial charge on any atom is -0.395 e. The normalized spacial score (nSPS) is 9.25. The molecule has 46 valence electrons. The zero-order valence-electron chi connectivity index (χ0n) is 4.96. The molecule has 8 heavy (non-hydrogen) atoms. The Morgan fingerprint density at radius 2 is 2.38 bits per heavy atom. The summed E-state index contributed by atoms with van der Waals surface area (Å²) in [6.07, 6.45) is 0. The molecule has 3 nitrogen and oxygen atoms in total. The summed E-state index contributed by atoms with van der Waals surface area (Å²) in [7, 11) is 1.80. The Morgan fingerprint density at radius 1 is 1.75 bits per heavy atom. The topological polar surface area (TPSA) is 27.8 Å². The molecule has 0 unspecified atom stereocenters. The van der Waals surface area contributed by atoms with E-state index >= 15 is 0 Å². The second kappa shape index (κ2) is 4.57. The molecule has 0 bridgehead atoms. The minimum absolute atomic E-state index is 0.131. The molecule has 0 atom stereocenters. The van der Waals surface area contributed by atoms with Gasteiger partial charge < -0.3 is 5.11 Å². The molecule has 0 fully saturated rings. The van der Waals surface area contributed by atoms with Crippen molar-refractivity contribution >= 4 is 0 Å². The lowest BCUT2D eigenvalue weighted by atomic mass is 10.6. The molecular weight excluding hydrogens is 104 g/mol. The van der Waals surface area contributed by atoms with Crippen LogP contribution in [-0.4, -0.2) is 36.9 Å². The third kappa shape index (κ3) is 3.59. The molecule has 0 aliphatic carbocycles. The van der Waals surface area contributed by atoms with Gasteiger partial charge in [0.25, 0.3) is 6.67 Å². The number of aliphatic hydroxyl groups excluding tert-OH is 1. The highest BCUT2D eigenvalue weighted by Gasteiger charge is 1.94. The Hall–Kier alpha value is -0.590. The average molecular weight is 114 g/mol. The van der Waals surface area contributed by atoms with Gasteiger partial charge in [0.1, 0.15) is 0 Å². The molecule has 0 aliphatic rings. The van der Waals surface area contributed by atoms with E-state index < -0.39 is 0 Å². The van der Waals surface area contributed by atoms with Crippen molar-refractivity contribution in [2.24, 2.45) is 0 Å². The van der Waals surface area contributed by atoms with E-state index in [4.69, 9.17) is 11.7 Å². The number of rotatable bonds is 3. The maximum absolute atomic E-state index is 8.32. The van der Waals surface area contributed by atoms with Crippen LogP contribution < -0.4 is 0 Å². The van der Waals surface area contributed by atoms with Gasteiger partial charge in [0.2, 0.25) is 0 Å². The third-order valence-corrected chi connectivity index (χ3v) is 0.794. The summed E-state index contributed by atoms with van der Waals surface area (Å²) in [5, 5.41) is 8.32. The van der Waals surface area contributed by atoms with E-state index in [2.05, 4.69) is 4.85 Å². The summed E-state index contributed by atoms with van der Waals surface area (Å²) in [4.78, 5) is 4.88. The minimum atomic E-state index is 0.131. The predicted octanol–water partition coefficient (Wildman–Crippen LogP) is -0.213. The second-order valence-electron chi connectivity index (χ2n) is 1.60.